The molecular formula is C34H33ClN2O2. The van der Waals surface area contributed by atoms with E-state index in [9.17, 15) is 5.11 Å². The fraction of sp³-hybridized carbons (Fsp3) is 0.206. The molecule has 0 spiro atoms. The fourth-order valence-corrected chi connectivity index (χ4v) is 5.53. The van der Waals surface area contributed by atoms with E-state index >= 15 is 0 Å². The van der Waals surface area contributed by atoms with Gasteiger partial charge in [0.1, 0.15) is 5.60 Å². The maximum atomic E-state index is 13.0. The Labute approximate surface area is 235 Å². The third-order valence-electron chi connectivity index (χ3n) is 7.34. The standard InChI is InChI=1S/C34H33ClN2O2/c1-37(2)23-22-34(38,30-15-9-13-24-10-7-8-14-28(24)30)32(26-11-5-4-6-12-26)29-20-21-31(36-33(29)39-3)25-16-18-27(35)19-17-25/h4-21,32,38H,22-23H2,1-3H3/t32-,34-/m1/s1. The van der Waals surface area contributed by atoms with Gasteiger partial charge in [0.2, 0.25) is 5.88 Å². The summed E-state index contributed by atoms with van der Waals surface area (Å²) in [4.78, 5) is 7.02. The summed E-state index contributed by atoms with van der Waals surface area (Å²) in [6, 6.07) is 36.2. The summed E-state index contributed by atoms with van der Waals surface area (Å²) in [5, 5.41) is 15.8. The van der Waals surface area contributed by atoms with E-state index in [1.165, 1.54) is 0 Å². The van der Waals surface area contributed by atoms with E-state index in [0.29, 0.717) is 23.9 Å². The summed E-state index contributed by atoms with van der Waals surface area (Å²) < 4.78 is 5.92. The van der Waals surface area contributed by atoms with Gasteiger partial charge >= 0.3 is 0 Å². The van der Waals surface area contributed by atoms with Gasteiger partial charge < -0.3 is 14.7 Å². The SMILES string of the molecule is COc1nc(-c2ccc(Cl)cc2)ccc1[C@@H](c1ccccc1)[C@@](O)(CCN(C)C)c1cccc2ccccc12. The van der Waals surface area contributed by atoms with Gasteiger partial charge in [0.05, 0.1) is 12.8 Å². The van der Waals surface area contributed by atoms with Gasteiger partial charge in [-0.1, -0.05) is 103 Å². The molecule has 4 nitrogen and oxygen atoms in total. The van der Waals surface area contributed by atoms with Crippen LogP contribution in [0.3, 0.4) is 0 Å². The van der Waals surface area contributed by atoms with Crippen LogP contribution in [-0.2, 0) is 5.60 Å². The second kappa shape index (κ2) is 11.6. The average molecular weight is 537 g/mol. The van der Waals surface area contributed by atoms with Gasteiger partial charge in [-0.05, 0) is 60.6 Å². The van der Waals surface area contributed by atoms with Crippen molar-refractivity contribution in [1.29, 1.82) is 0 Å². The number of benzene rings is 4. The molecule has 0 unspecified atom stereocenters. The Morgan fingerprint density at radius 3 is 2.26 bits per heavy atom. The predicted octanol–water partition coefficient (Wildman–Crippen LogP) is 7.54. The average Bonchev–Trinajstić information content (AvgIpc) is 2.97. The number of hydrogen-bond acceptors (Lipinski definition) is 4. The van der Waals surface area contributed by atoms with Crippen molar-refractivity contribution in [2.24, 2.45) is 0 Å². The molecule has 0 saturated heterocycles. The minimum Gasteiger partial charge on any atom is -0.481 e. The third kappa shape index (κ3) is 5.55. The van der Waals surface area contributed by atoms with E-state index in [4.69, 9.17) is 21.3 Å². The molecule has 1 heterocycles. The molecule has 1 N–H and O–H groups in total. The topological polar surface area (TPSA) is 45.6 Å². The summed E-state index contributed by atoms with van der Waals surface area (Å²) in [6.45, 7) is 0.696. The van der Waals surface area contributed by atoms with Crippen LogP contribution in [0.25, 0.3) is 22.0 Å². The lowest BCUT2D eigenvalue weighted by Crippen LogP contribution is -2.38. The molecule has 0 aliphatic heterocycles. The number of aliphatic hydroxyl groups is 1. The Morgan fingerprint density at radius 2 is 1.54 bits per heavy atom. The second-order valence-corrected chi connectivity index (χ2v) is 10.6. The molecule has 39 heavy (non-hydrogen) atoms. The highest BCUT2D eigenvalue weighted by atomic mass is 35.5. The molecule has 1 aromatic heterocycles. The lowest BCUT2D eigenvalue weighted by Gasteiger charge is -2.39. The highest BCUT2D eigenvalue weighted by molar-refractivity contribution is 6.30. The van der Waals surface area contributed by atoms with Crippen LogP contribution in [0, 0.1) is 0 Å². The zero-order chi connectivity index (χ0) is 27.4. The van der Waals surface area contributed by atoms with Crippen molar-refractivity contribution >= 4 is 22.4 Å². The molecule has 0 bridgehead atoms. The lowest BCUT2D eigenvalue weighted by molar-refractivity contribution is 0.00516. The van der Waals surface area contributed by atoms with Crippen LogP contribution >= 0.6 is 11.6 Å². The number of nitrogens with zero attached hydrogens (tertiary/aromatic N) is 2. The lowest BCUT2D eigenvalue weighted by atomic mass is 9.70. The number of fused-ring (bicyclic) bond motifs is 1. The van der Waals surface area contributed by atoms with E-state index in [0.717, 1.165) is 38.7 Å². The highest BCUT2D eigenvalue weighted by Gasteiger charge is 2.43. The summed E-state index contributed by atoms with van der Waals surface area (Å²) in [5.74, 6) is 0.0472. The molecule has 0 fully saturated rings. The summed E-state index contributed by atoms with van der Waals surface area (Å²) >= 11 is 6.12. The van der Waals surface area contributed by atoms with E-state index in [-0.39, 0.29) is 0 Å². The van der Waals surface area contributed by atoms with Crippen molar-refractivity contribution in [3.8, 4) is 17.1 Å². The van der Waals surface area contributed by atoms with Crippen LogP contribution < -0.4 is 4.74 Å². The molecule has 4 aromatic carbocycles. The van der Waals surface area contributed by atoms with Gasteiger partial charge in [0.25, 0.3) is 0 Å². The van der Waals surface area contributed by atoms with Crippen LogP contribution in [0.15, 0.2) is 109 Å². The van der Waals surface area contributed by atoms with Gasteiger partial charge in [0, 0.05) is 28.6 Å². The van der Waals surface area contributed by atoms with Crippen molar-refractivity contribution in [3.63, 3.8) is 0 Å². The quantitative estimate of drug-likeness (QED) is 0.211. The van der Waals surface area contributed by atoms with E-state index < -0.39 is 11.5 Å². The van der Waals surface area contributed by atoms with Gasteiger partial charge in [-0.15, -0.1) is 0 Å². The zero-order valence-electron chi connectivity index (χ0n) is 22.5. The van der Waals surface area contributed by atoms with Crippen LogP contribution in [-0.4, -0.2) is 42.7 Å². The van der Waals surface area contributed by atoms with Gasteiger partial charge in [0.15, 0.2) is 0 Å². The van der Waals surface area contributed by atoms with Crippen molar-refractivity contribution < 1.29 is 9.84 Å². The van der Waals surface area contributed by atoms with Crippen molar-refractivity contribution in [2.75, 3.05) is 27.7 Å². The first-order chi connectivity index (χ1) is 18.9. The molecule has 2 atom stereocenters. The maximum absolute atomic E-state index is 13.0. The van der Waals surface area contributed by atoms with Crippen LogP contribution in [0.2, 0.25) is 5.02 Å². The second-order valence-electron chi connectivity index (χ2n) is 10.1. The number of pyridine rings is 1. The van der Waals surface area contributed by atoms with E-state index in [1.54, 1.807) is 7.11 Å². The van der Waals surface area contributed by atoms with Crippen molar-refractivity contribution in [3.05, 3.63) is 131 Å². The van der Waals surface area contributed by atoms with Crippen LogP contribution in [0.1, 0.15) is 29.0 Å². The third-order valence-corrected chi connectivity index (χ3v) is 7.59. The molecule has 5 aromatic rings. The van der Waals surface area contributed by atoms with Gasteiger partial charge in [-0.2, -0.15) is 0 Å². The number of ether oxygens (including phenoxy) is 1. The van der Waals surface area contributed by atoms with E-state index in [1.807, 2.05) is 86.9 Å². The number of halogens is 1. The van der Waals surface area contributed by atoms with Crippen molar-refractivity contribution in [2.45, 2.75) is 17.9 Å². The number of aromatic nitrogens is 1. The first-order valence-electron chi connectivity index (χ1n) is 13.1. The Balaban J connectivity index is 1.75. The molecule has 0 radical (unpaired) electrons. The molecular weight excluding hydrogens is 504 g/mol. The zero-order valence-corrected chi connectivity index (χ0v) is 23.3. The minimum absolute atomic E-state index is 0.439. The molecule has 5 heteroatoms. The first-order valence-corrected chi connectivity index (χ1v) is 13.5. The molecule has 0 saturated carbocycles. The van der Waals surface area contributed by atoms with Crippen molar-refractivity contribution in [1.82, 2.24) is 9.88 Å². The number of rotatable bonds is 9. The Kier molecular flexibility index (Phi) is 7.99. The highest BCUT2D eigenvalue weighted by Crippen LogP contribution is 2.48. The van der Waals surface area contributed by atoms with E-state index in [2.05, 4.69) is 41.3 Å². The monoisotopic (exact) mass is 536 g/mol. The molecule has 0 aliphatic rings. The number of hydrogen-bond donors (Lipinski definition) is 1. The largest absolute Gasteiger partial charge is 0.481 e. The van der Waals surface area contributed by atoms with Crippen LogP contribution in [0.5, 0.6) is 5.88 Å². The van der Waals surface area contributed by atoms with Crippen LogP contribution in [0.4, 0.5) is 0 Å². The Bertz CT molecular complexity index is 1550. The number of methoxy groups -OCH3 is 1. The predicted molar refractivity (Wildman–Crippen MR) is 161 cm³/mol. The minimum atomic E-state index is -1.26. The molecule has 0 amide bonds. The Hall–Kier alpha value is -3.70. The van der Waals surface area contributed by atoms with Gasteiger partial charge in [-0.3, -0.25) is 0 Å². The molecule has 198 valence electrons. The smallest absolute Gasteiger partial charge is 0.217 e. The summed E-state index contributed by atoms with van der Waals surface area (Å²) in [6.07, 6.45) is 0.510. The summed E-state index contributed by atoms with van der Waals surface area (Å²) in [7, 11) is 5.70. The molecule has 0 aliphatic carbocycles. The summed E-state index contributed by atoms with van der Waals surface area (Å²) in [5.41, 5.74) is 3.17. The first kappa shape index (κ1) is 26.9. The Morgan fingerprint density at radius 1 is 0.846 bits per heavy atom. The molecule has 5 rings (SSSR count). The normalized spacial score (nSPS) is 13.8. The maximum Gasteiger partial charge on any atom is 0.217 e. The van der Waals surface area contributed by atoms with Gasteiger partial charge in [-0.25, -0.2) is 4.98 Å². The fourth-order valence-electron chi connectivity index (χ4n) is 5.41.